The highest BCUT2D eigenvalue weighted by molar-refractivity contribution is 5.83. The van der Waals surface area contributed by atoms with Crippen molar-refractivity contribution in [1.82, 2.24) is 0 Å². The number of Topliss-reactive ketones (excluding diaryl/α,β-unsaturated/α-hetero) is 1. The van der Waals surface area contributed by atoms with Gasteiger partial charge in [-0.2, -0.15) is 13.2 Å². The van der Waals surface area contributed by atoms with E-state index in [0.717, 1.165) is 17.7 Å². The Bertz CT molecular complexity index is 646. The molecule has 0 aliphatic carbocycles. The first kappa shape index (κ1) is 16.1. The number of carbonyl (C=O) groups excluding carboxylic acids is 1. The number of benzene rings is 2. The van der Waals surface area contributed by atoms with Crippen LogP contribution < -0.4 is 4.74 Å². The molecule has 0 saturated carbocycles. The van der Waals surface area contributed by atoms with Gasteiger partial charge in [0.05, 0.1) is 12.7 Å². The Morgan fingerprint density at radius 1 is 1.00 bits per heavy atom. The van der Waals surface area contributed by atoms with Crippen molar-refractivity contribution < 1.29 is 22.7 Å². The van der Waals surface area contributed by atoms with Crippen molar-refractivity contribution in [1.29, 1.82) is 0 Å². The van der Waals surface area contributed by atoms with Gasteiger partial charge in [0.15, 0.2) is 0 Å². The fourth-order valence-corrected chi connectivity index (χ4v) is 2.16. The van der Waals surface area contributed by atoms with Gasteiger partial charge in [0.1, 0.15) is 11.5 Å². The summed E-state index contributed by atoms with van der Waals surface area (Å²) in [5.41, 5.74) is 0.614. The summed E-state index contributed by atoms with van der Waals surface area (Å²) in [6.07, 6.45) is -4.08. The maximum absolute atomic E-state index is 12.5. The maximum atomic E-state index is 12.5. The molecule has 2 rings (SSSR count). The molecule has 2 aromatic carbocycles. The van der Waals surface area contributed by atoms with Gasteiger partial charge in [0.25, 0.3) is 0 Å². The minimum absolute atomic E-state index is 0.0794. The zero-order valence-corrected chi connectivity index (χ0v) is 12.0. The van der Waals surface area contributed by atoms with E-state index in [9.17, 15) is 18.0 Å². The van der Waals surface area contributed by atoms with Crippen molar-refractivity contribution in [2.45, 2.75) is 19.0 Å². The molecule has 5 heteroatoms. The topological polar surface area (TPSA) is 26.3 Å². The average molecular weight is 308 g/mol. The van der Waals surface area contributed by atoms with Gasteiger partial charge in [-0.1, -0.05) is 30.3 Å². The molecule has 0 radical (unpaired) electrons. The maximum Gasteiger partial charge on any atom is 0.416 e. The van der Waals surface area contributed by atoms with Crippen LogP contribution in [0.25, 0.3) is 0 Å². The first-order chi connectivity index (χ1) is 10.4. The fraction of sp³-hybridized carbons (Fsp3) is 0.235. The Hall–Kier alpha value is -2.30. The SMILES string of the molecule is COc1ccccc1CC(=O)Cc1ccc(C(F)(F)F)cc1. The van der Waals surface area contributed by atoms with Gasteiger partial charge >= 0.3 is 6.18 Å². The Morgan fingerprint density at radius 3 is 2.23 bits per heavy atom. The molecule has 0 amide bonds. The van der Waals surface area contributed by atoms with Crippen LogP contribution in [0.3, 0.4) is 0 Å². The lowest BCUT2D eigenvalue weighted by Crippen LogP contribution is -2.09. The van der Waals surface area contributed by atoms with Crippen LogP contribution in [0.15, 0.2) is 48.5 Å². The van der Waals surface area contributed by atoms with E-state index in [-0.39, 0.29) is 18.6 Å². The van der Waals surface area contributed by atoms with Crippen molar-refractivity contribution in [3.05, 3.63) is 65.2 Å². The van der Waals surface area contributed by atoms with Gasteiger partial charge in [-0.25, -0.2) is 0 Å². The highest BCUT2D eigenvalue weighted by atomic mass is 19.4. The largest absolute Gasteiger partial charge is 0.496 e. The van der Waals surface area contributed by atoms with Gasteiger partial charge in [-0.15, -0.1) is 0 Å². The summed E-state index contributed by atoms with van der Waals surface area (Å²) >= 11 is 0. The molecule has 0 aliphatic heterocycles. The Morgan fingerprint density at radius 2 is 1.64 bits per heavy atom. The second kappa shape index (κ2) is 6.64. The standard InChI is InChI=1S/C17H15F3O2/c1-22-16-5-3-2-4-13(16)11-15(21)10-12-6-8-14(9-7-12)17(18,19)20/h2-9H,10-11H2,1H3. The second-order valence-corrected chi connectivity index (χ2v) is 4.90. The van der Waals surface area contributed by atoms with Crippen LogP contribution in [0.1, 0.15) is 16.7 Å². The Labute approximate surface area is 126 Å². The summed E-state index contributed by atoms with van der Waals surface area (Å²) in [5.74, 6) is 0.549. The van der Waals surface area contributed by atoms with Crippen LogP contribution in [-0.4, -0.2) is 12.9 Å². The molecule has 0 bridgehead atoms. The highest BCUT2D eigenvalue weighted by Crippen LogP contribution is 2.29. The van der Waals surface area contributed by atoms with E-state index in [1.54, 1.807) is 12.1 Å². The number of alkyl halides is 3. The van der Waals surface area contributed by atoms with Gasteiger partial charge in [0, 0.05) is 18.4 Å². The summed E-state index contributed by atoms with van der Waals surface area (Å²) in [6.45, 7) is 0. The molecule has 0 heterocycles. The highest BCUT2D eigenvalue weighted by Gasteiger charge is 2.29. The van der Waals surface area contributed by atoms with Gasteiger partial charge in [-0.05, 0) is 23.8 Å². The van der Waals surface area contributed by atoms with Crippen molar-refractivity contribution in [3.63, 3.8) is 0 Å². The van der Waals surface area contributed by atoms with Gasteiger partial charge < -0.3 is 4.74 Å². The number of ketones is 1. The molecule has 0 aromatic heterocycles. The van der Waals surface area contributed by atoms with E-state index in [4.69, 9.17) is 4.74 Å². The van der Waals surface area contributed by atoms with E-state index >= 15 is 0 Å². The number of hydrogen-bond donors (Lipinski definition) is 0. The monoisotopic (exact) mass is 308 g/mol. The zero-order valence-electron chi connectivity index (χ0n) is 12.0. The van der Waals surface area contributed by atoms with Crippen molar-refractivity contribution in [2.75, 3.05) is 7.11 Å². The predicted molar refractivity (Wildman–Crippen MR) is 76.9 cm³/mol. The second-order valence-electron chi connectivity index (χ2n) is 4.90. The third-order valence-corrected chi connectivity index (χ3v) is 3.26. The number of ether oxygens (including phenoxy) is 1. The van der Waals surface area contributed by atoms with E-state index in [1.807, 2.05) is 12.1 Å². The van der Waals surface area contributed by atoms with Gasteiger partial charge in [-0.3, -0.25) is 4.79 Å². The van der Waals surface area contributed by atoms with Crippen molar-refractivity contribution in [2.24, 2.45) is 0 Å². The van der Waals surface area contributed by atoms with E-state index in [2.05, 4.69) is 0 Å². The summed E-state index contributed by atoms with van der Waals surface area (Å²) in [4.78, 5) is 12.1. The molecule has 0 spiro atoms. The molecular formula is C17H15F3O2. The molecule has 0 fully saturated rings. The Balaban J connectivity index is 2.03. The van der Waals surface area contributed by atoms with Crippen LogP contribution in [0.5, 0.6) is 5.75 Å². The number of hydrogen-bond acceptors (Lipinski definition) is 2. The number of carbonyl (C=O) groups is 1. The Kier molecular flexibility index (Phi) is 4.85. The number of rotatable bonds is 5. The third-order valence-electron chi connectivity index (χ3n) is 3.26. The third kappa shape index (κ3) is 4.10. The first-order valence-electron chi connectivity index (χ1n) is 6.70. The van der Waals surface area contributed by atoms with Crippen LogP contribution in [0.2, 0.25) is 0 Å². The minimum Gasteiger partial charge on any atom is -0.496 e. The zero-order chi connectivity index (χ0) is 16.2. The smallest absolute Gasteiger partial charge is 0.416 e. The van der Waals surface area contributed by atoms with Crippen molar-refractivity contribution >= 4 is 5.78 Å². The van der Waals surface area contributed by atoms with Crippen LogP contribution in [0.4, 0.5) is 13.2 Å². The lowest BCUT2D eigenvalue weighted by Gasteiger charge is -2.09. The summed E-state index contributed by atoms with van der Waals surface area (Å²) in [7, 11) is 1.53. The van der Waals surface area contributed by atoms with E-state index in [1.165, 1.54) is 19.2 Å². The fourth-order valence-electron chi connectivity index (χ4n) is 2.16. The number of halogens is 3. The molecule has 22 heavy (non-hydrogen) atoms. The molecule has 0 atom stereocenters. The van der Waals surface area contributed by atoms with Gasteiger partial charge in [0.2, 0.25) is 0 Å². The average Bonchev–Trinajstić information content (AvgIpc) is 2.47. The molecule has 2 aromatic rings. The first-order valence-corrected chi connectivity index (χ1v) is 6.70. The lowest BCUT2D eigenvalue weighted by molar-refractivity contribution is -0.137. The number of methoxy groups -OCH3 is 1. The summed E-state index contributed by atoms with van der Waals surface area (Å²) in [5, 5.41) is 0. The lowest BCUT2D eigenvalue weighted by atomic mass is 10.0. The predicted octanol–water partition coefficient (Wildman–Crippen LogP) is 4.07. The van der Waals surface area contributed by atoms with Crippen LogP contribution in [0, 0.1) is 0 Å². The molecule has 0 saturated heterocycles. The number of para-hydroxylation sites is 1. The molecule has 2 nitrogen and oxygen atoms in total. The normalized spacial score (nSPS) is 11.3. The van der Waals surface area contributed by atoms with E-state index < -0.39 is 11.7 Å². The molecule has 0 unspecified atom stereocenters. The molecule has 0 N–H and O–H groups in total. The van der Waals surface area contributed by atoms with E-state index in [0.29, 0.717) is 11.3 Å². The quantitative estimate of drug-likeness (QED) is 0.832. The molecule has 0 aliphatic rings. The van der Waals surface area contributed by atoms with Crippen LogP contribution in [-0.2, 0) is 23.8 Å². The summed E-state index contributed by atoms with van der Waals surface area (Å²) in [6, 6.07) is 11.8. The summed E-state index contributed by atoms with van der Waals surface area (Å²) < 4.78 is 42.6. The van der Waals surface area contributed by atoms with Crippen molar-refractivity contribution in [3.8, 4) is 5.75 Å². The molecular weight excluding hydrogens is 293 g/mol. The van der Waals surface area contributed by atoms with Crippen LogP contribution >= 0.6 is 0 Å². The minimum atomic E-state index is -4.36. The molecule has 116 valence electrons.